The third-order valence-corrected chi connectivity index (χ3v) is 5.01. The van der Waals surface area contributed by atoms with Crippen molar-refractivity contribution in [1.82, 2.24) is 4.98 Å². The summed E-state index contributed by atoms with van der Waals surface area (Å²) >= 11 is 1.68. The van der Waals surface area contributed by atoms with E-state index < -0.39 is 0 Å². The molecule has 0 spiro atoms. The van der Waals surface area contributed by atoms with Crippen LogP contribution in [0.2, 0.25) is 0 Å². The van der Waals surface area contributed by atoms with Gasteiger partial charge < -0.3 is 5.11 Å². The zero-order chi connectivity index (χ0) is 12.6. The Labute approximate surface area is 111 Å². The maximum absolute atomic E-state index is 9.57. The summed E-state index contributed by atoms with van der Waals surface area (Å²) in [6.07, 6.45) is 3.36. The van der Waals surface area contributed by atoms with E-state index in [-0.39, 0.29) is 12.0 Å². The molecule has 94 valence electrons. The van der Waals surface area contributed by atoms with Crippen LogP contribution in [0, 0.1) is 6.92 Å². The van der Waals surface area contributed by atoms with Crippen LogP contribution >= 0.6 is 11.3 Å². The highest BCUT2D eigenvalue weighted by Gasteiger charge is 2.40. The fraction of sp³-hybridized carbons (Fsp3) is 0.400. The zero-order valence-electron chi connectivity index (χ0n) is 10.5. The van der Waals surface area contributed by atoms with Crippen molar-refractivity contribution in [3.8, 4) is 11.3 Å². The molecule has 0 unspecified atom stereocenters. The lowest BCUT2D eigenvalue weighted by Crippen LogP contribution is -2.37. The summed E-state index contributed by atoms with van der Waals surface area (Å²) in [5.74, 6) is 0. The molecule has 18 heavy (non-hydrogen) atoms. The first-order chi connectivity index (χ1) is 8.73. The van der Waals surface area contributed by atoms with Crippen molar-refractivity contribution >= 4 is 11.3 Å². The Balaban J connectivity index is 1.91. The van der Waals surface area contributed by atoms with Gasteiger partial charge in [-0.05, 0) is 19.8 Å². The topological polar surface area (TPSA) is 33.1 Å². The minimum Gasteiger partial charge on any atom is -0.395 e. The second-order valence-corrected chi connectivity index (χ2v) is 6.05. The SMILES string of the molecule is Cc1ccc(-c2csc(C3(CO)CCC3)n2)cc1. The van der Waals surface area contributed by atoms with E-state index in [2.05, 4.69) is 36.6 Å². The normalized spacial score (nSPS) is 17.4. The molecule has 2 nitrogen and oxygen atoms in total. The number of hydrogen-bond donors (Lipinski definition) is 1. The van der Waals surface area contributed by atoms with Gasteiger partial charge in [-0.15, -0.1) is 11.3 Å². The summed E-state index contributed by atoms with van der Waals surface area (Å²) < 4.78 is 0. The Morgan fingerprint density at radius 1 is 1.28 bits per heavy atom. The van der Waals surface area contributed by atoms with E-state index in [1.807, 2.05) is 0 Å². The van der Waals surface area contributed by atoms with Crippen molar-refractivity contribution < 1.29 is 5.11 Å². The number of aliphatic hydroxyl groups excluding tert-OH is 1. The first-order valence-electron chi connectivity index (χ1n) is 6.37. The van der Waals surface area contributed by atoms with Gasteiger partial charge in [-0.2, -0.15) is 0 Å². The number of rotatable bonds is 3. The van der Waals surface area contributed by atoms with Gasteiger partial charge in [0.15, 0.2) is 0 Å². The molecular weight excluding hydrogens is 242 g/mol. The molecule has 1 aromatic carbocycles. The second kappa shape index (κ2) is 4.48. The Bertz CT molecular complexity index is 534. The smallest absolute Gasteiger partial charge is 0.102 e. The minimum atomic E-state index is -0.0341. The monoisotopic (exact) mass is 259 g/mol. The fourth-order valence-corrected chi connectivity index (χ4v) is 3.50. The number of nitrogens with zero attached hydrogens (tertiary/aromatic N) is 1. The molecule has 2 aromatic rings. The van der Waals surface area contributed by atoms with Gasteiger partial charge >= 0.3 is 0 Å². The first kappa shape index (κ1) is 11.9. The molecule has 1 heterocycles. The van der Waals surface area contributed by atoms with Crippen molar-refractivity contribution in [3.63, 3.8) is 0 Å². The van der Waals surface area contributed by atoms with Crippen molar-refractivity contribution in [2.75, 3.05) is 6.61 Å². The molecule has 0 bridgehead atoms. The number of benzene rings is 1. The van der Waals surface area contributed by atoms with Crippen LogP contribution in [-0.4, -0.2) is 16.7 Å². The van der Waals surface area contributed by atoms with E-state index >= 15 is 0 Å². The second-order valence-electron chi connectivity index (χ2n) is 5.20. The van der Waals surface area contributed by atoms with Crippen molar-refractivity contribution in [3.05, 3.63) is 40.2 Å². The fourth-order valence-electron chi connectivity index (χ4n) is 2.42. The highest BCUT2D eigenvalue weighted by molar-refractivity contribution is 7.10. The summed E-state index contributed by atoms with van der Waals surface area (Å²) in [7, 11) is 0. The molecule has 1 fully saturated rings. The van der Waals surface area contributed by atoms with E-state index in [1.165, 1.54) is 12.0 Å². The molecular formula is C15H17NOS. The number of aromatic nitrogens is 1. The molecule has 1 aromatic heterocycles. The van der Waals surface area contributed by atoms with Crippen LogP contribution in [0.3, 0.4) is 0 Å². The lowest BCUT2D eigenvalue weighted by Gasteiger charge is -2.38. The summed E-state index contributed by atoms with van der Waals surface area (Å²) in [5, 5.41) is 12.8. The van der Waals surface area contributed by atoms with E-state index in [9.17, 15) is 5.11 Å². The zero-order valence-corrected chi connectivity index (χ0v) is 11.3. The molecule has 1 saturated carbocycles. The molecule has 0 saturated heterocycles. The van der Waals surface area contributed by atoms with Crippen LogP contribution in [-0.2, 0) is 5.41 Å². The van der Waals surface area contributed by atoms with Crippen molar-refractivity contribution in [1.29, 1.82) is 0 Å². The highest BCUT2D eigenvalue weighted by Crippen LogP contribution is 2.45. The summed E-state index contributed by atoms with van der Waals surface area (Å²) in [4.78, 5) is 4.73. The lowest BCUT2D eigenvalue weighted by atomic mass is 9.70. The minimum absolute atomic E-state index is 0.0341. The number of aliphatic hydroxyl groups is 1. The Hall–Kier alpha value is -1.19. The summed E-state index contributed by atoms with van der Waals surface area (Å²) in [6.45, 7) is 2.32. The third kappa shape index (κ3) is 1.88. The van der Waals surface area contributed by atoms with E-state index in [0.29, 0.717) is 0 Å². The number of thiazole rings is 1. The van der Waals surface area contributed by atoms with Gasteiger partial charge in [-0.3, -0.25) is 0 Å². The van der Waals surface area contributed by atoms with Gasteiger partial charge in [0, 0.05) is 16.4 Å². The van der Waals surface area contributed by atoms with Crippen LogP contribution in [0.15, 0.2) is 29.6 Å². The van der Waals surface area contributed by atoms with Gasteiger partial charge in [0.25, 0.3) is 0 Å². The van der Waals surface area contributed by atoms with E-state index in [4.69, 9.17) is 4.98 Å². The molecule has 1 aliphatic rings. The van der Waals surface area contributed by atoms with Gasteiger partial charge in [-0.1, -0.05) is 36.2 Å². The van der Waals surface area contributed by atoms with E-state index in [1.54, 1.807) is 11.3 Å². The van der Waals surface area contributed by atoms with Crippen LogP contribution < -0.4 is 0 Å². The average Bonchev–Trinajstić information content (AvgIpc) is 2.79. The third-order valence-electron chi connectivity index (χ3n) is 3.92. The van der Waals surface area contributed by atoms with Crippen LogP contribution in [0.1, 0.15) is 29.8 Å². The van der Waals surface area contributed by atoms with Crippen LogP contribution in [0.4, 0.5) is 0 Å². The highest BCUT2D eigenvalue weighted by atomic mass is 32.1. The molecule has 0 amide bonds. The predicted molar refractivity (Wildman–Crippen MR) is 74.9 cm³/mol. The standard InChI is InChI=1S/C15H17NOS/c1-11-3-5-12(6-4-11)13-9-18-14(16-13)15(10-17)7-2-8-15/h3-6,9,17H,2,7-8,10H2,1H3. The lowest BCUT2D eigenvalue weighted by molar-refractivity contribution is 0.120. The van der Waals surface area contributed by atoms with Gasteiger partial charge in [0.2, 0.25) is 0 Å². The number of hydrogen-bond acceptors (Lipinski definition) is 3. The Morgan fingerprint density at radius 3 is 2.56 bits per heavy atom. The molecule has 0 radical (unpaired) electrons. The maximum atomic E-state index is 9.57. The van der Waals surface area contributed by atoms with Crippen molar-refractivity contribution in [2.45, 2.75) is 31.6 Å². The number of aryl methyl sites for hydroxylation is 1. The first-order valence-corrected chi connectivity index (χ1v) is 7.25. The Morgan fingerprint density at radius 2 is 2.00 bits per heavy atom. The van der Waals surface area contributed by atoms with Crippen molar-refractivity contribution in [2.24, 2.45) is 0 Å². The quantitative estimate of drug-likeness (QED) is 0.914. The predicted octanol–water partition coefficient (Wildman–Crippen LogP) is 3.53. The van der Waals surface area contributed by atoms with Gasteiger partial charge in [0.1, 0.15) is 5.01 Å². The Kier molecular flexibility index (Phi) is 2.96. The molecule has 1 aliphatic carbocycles. The maximum Gasteiger partial charge on any atom is 0.102 e. The molecule has 0 aliphatic heterocycles. The summed E-state index contributed by atoms with van der Waals surface area (Å²) in [5.41, 5.74) is 3.43. The van der Waals surface area contributed by atoms with Crippen LogP contribution in [0.25, 0.3) is 11.3 Å². The molecule has 3 heteroatoms. The average molecular weight is 259 g/mol. The van der Waals surface area contributed by atoms with Gasteiger partial charge in [0.05, 0.1) is 12.3 Å². The summed E-state index contributed by atoms with van der Waals surface area (Å²) in [6, 6.07) is 8.44. The van der Waals surface area contributed by atoms with E-state index in [0.717, 1.165) is 29.1 Å². The largest absolute Gasteiger partial charge is 0.395 e. The van der Waals surface area contributed by atoms with Gasteiger partial charge in [-0.25, -0.2) is 4.98 Å². The van der Waals surface area contributed by atoms with Crippen LogP contribution in [0.5, 0.6) is 0 Å². The molecule has 3 rings (SSSR count). The molecule has 0 atom stereocenters. The molecule has 1 N–H and O–H groups in total.